The maximum absolute atomic E-state index is 13.0. The van der Waals surface area contributed by atoms with Crippen molar-refractivity contribution in [3.63, 3.8) is 0 Å². The van der Waals surface area contributed by atoms with E-state index in [4.69, 9.17) is 0 Å². The first-order valence-electron chi connectivity index (χ1n) is 15.7. The molecule has 42 heavy (non-hydrogen) atoms. The lowest BCUT2D eigenvalue weighted by Gasteiger charge is -2.36. The van der Waals surface area contributed by atoms with Crippen molar-refractivity contribution in [3.05, 3.63) is 143 Å². The second kappa shape index (κ2) is 11.7. The molecule has 0 saturated carbocycles. The highest BCUT2D eigenvalue weighted by Crippen LogP contribution is 2.53. The molecule has 3 nitrogen and oxygen atoms in total. The first-order valence-corrected chi connectivity index (χ1v) is 15.7. The Kier molecular flexibility index (Phi) is 7.52. The summed E-state index contributed by atoms with van der Waals surface area (Å²) < 4.78 is 0. The number of likely N-dealkylation sites (tertiary alicyclic amines) is 1. The molecule has 0 bridgehead atoms. The fourth-order valence-electron chi connectivity index (χ4n) is 7.74. The van der Waals surface area contributed by atoms with E-state index in [1.54, 1.807) is 0 Å². The Balaban J connectivity index is 1.02. The predicted octanol–water partition coefficient (Wildman–Crippen LogP) is 8.04. The first kappa shape index (κ1) is 26.9. The zero-order valence-electron chi connectivity index (χ0n) is 24.4. The third kappa shape index (κ3) is 5.01. The van der Waals surface area contributed by atoms with Crippen molar-refractivity contribution >= 4 is 5.91 Å². The van der Waals surface area contributed by atoms with E-state index in [2.05, 4.69) is 107 Å². The van der Waals surface area contributed by atoms with Crippen molar-refractivity contribution in [1.82, 2.24) is 9.80 Å². The molecule has 0 spiro atoms. The van der Waals surface area contributed by atoms with Crippen molar-refractivity contribution in [1.29, 1.82) is 0 Å². The minimum Gasteiger partial charge on any atom is -0.331 e. The van der Waals surface area contributed by atoms with Crippen LogP contribution in [0.2, 0.25) is 0 Å². The van der Waals surface area contributed by atoms with E-state index in [-0.39, 0.29) is 11.3 Å². The summed E-state index contributed by atoms with van der Waals surface area (Å²) in [5.41, 5.74) is 9.30. The summed E-state index contributed by atoms with van der Waals surface area (Å²) >= 11 is 0. The van der Waals surface area contributed by atoms with Gasteiger partial charge in [0.25, 0.3) is 5.91 Å². The smallest absolute Gasteiger partial charge is 0.254 e. The Morgan fingerprint density at radius 2 is 1.33 bits per heavy atom. The van der Waals surface area contributed by atoms with Crippen LogP contribution in [0.1, 0.15) is 64.7 Å². The number of hydrogen-bond acceptors (Lipinski definition) is 2. The van der Waals surface area contributed by atoms with E-state index >= 15 is 0 Å². The monoisotopic (exact) mass is 552 g/mol. The van der Waals surface area contributed by atoms with Gasteiger partial charge in [0.05, 0.1) is 0 Å². The number of rotatable bonds is 9. The van der Waals surface area contributed by atoms with E-state index in [1.807, 2.05) is 18.2 Å². The molecule has 0 unspecified atom stereocenters. The first-order chi connectivity index (χ1) is 20.7. The quantitative estimate of drug-likeness (QED) is 0.196. The number of benzene rings is 4. The highest BCUT2D eigenvalue weighted by Gasteiger charge is 2.41. The van der Waals surface area contributed by atoms with Crippen LogP contribution in [-0.2, 0) is 18.4 Å². The maximum atomic E-state index is 13.0. The van der Waals surface area contributed by atoms with Gasteiger partial charge in [-0.05, 0) is 78.0 Å². The molecule has 1 fully saturated rings. The second-order valence-corrected chi connectivity index (χ2v) is 12.3. The van der Waals surface area contributed by atoms with Crippen LogP contribution in [0.3, 0.4) is 0 Å². The van der Waals surface area contributed by atoms with Gasteiger partial charge in [-0.3, -0.25) is 9.69 Å². The molecule has 0 aromatic heterocycles. The minimum absolute atomic E-state index is 0.0105. The lowest BCUT2D eigenvalue weighted by atomic mass is 9.71. The summed E-state index contributed by atoms with van der Waals surface area (Å²) in [5, 5.41) is 0. The molecule has 4 aromatic carbocycles. The second-order valence-electron chi connectivity index (χ2n) is 12.3. The van der Waals surface area contributed by atoms with Crippen LogP contribution in [0, 0.1) is 0 Å². The van der Waals surface area contributed by atoms with Crippen LogP contribution >= 0.6 is 0 Å². The van der Waals surface area contributed by atoms with E-state index in [0.29, 0.717) is 6.04 Å². The summed E-state index contributed by atoms with van der Waals surface area (Å²) in [6.07, 6.45) is 11.4. The summed E-state index contributed by atoms with van der Waals surface area (Å²) in [7, 11) is 0. The number of carbonyl (C=O) groups excluding carboxylic acids is 1. The van der Waals surface area contributed by atoms with Crippen molar-refractivity contribution in [3.8, 4) is 11.1 Å². The molecule has 1 saturated heterocycles. The predicted molar refractivity (Wildman–Crippen MR) is 172 cm³/mol. The van der Waals surface area contributed by atoms with Gasteiger partial charge >= 0.3 is 0 Å². The van der Waals surface area contributed by atoms with E-state index < -0.39 is 0 Å². The van der Waals surface area contributed by atoms with Gasteiger partial charge in [-0.1, -0.05) is 109 Å². The van der Waals surface area contributed by atoms with Crippen molar-refractivity contribution in [2.45, 2.75) is 56.5 Å². The Hall–Kier alpha value is -3.95. The van der Waals surface area contributed by atoms with E-state index in [0.717, 1.165) is 70.3 Å². The van der Waals surface area contributed by atoms with Gasteiger partial charge in [0.1, 0.15) is 0 Å². The molecule has 1 aliphatic carbocycles. The van der Waals surface area contributed by atoms with Gasteiger partial charge in [-0.2, -0.15) is 0 Å². The van der Waals surface area contributed by atoms with Crippen LogP contribution in [-0.4, -0.2) is 41.4 Å². The third-order valence-corrected chi connectivity index (χ3v) is 9.93. The number of amides is 1. The molecular weight excluding hydrogens is 512 g/mol. The van der Waals surface area contributed by atoms with Gasteiger partial charge in [-0.15, -0.1) is 0 Å². The van der Waals surface area contributed by atoms with Gasteiger partial charge in [-0.25, -0.2) is 0 Å². The topological polar surface area (TPSA) is 23.6 Å². The molecule has 0 atom stereocenters. The molecule has 3 heteroatoms. The zero-order valence-corrected chi connectivity index (χ0v) is 24.4. The van der Waals surface area contributed by atoms with Crippen molar-refractivity contribution in [2.75, 3.05) is 19.6 Å². The number of hydrogen-bond donors (Lipinski definition) is 0. The van der Waals surface area contributed by atoms with Crippen LogP contribution in [0.25, 0.3) is 11.1 Å². The highest BCUT2D eigenvalue weighted by molar-refractivity contribution is 5.98. The minimum atomic E-state index is 0.0105. The van der Waals surface area contributed by atoms with Gasteiger partial charge < -0.3 is 4.90 Å². The maximum Gasteiger partial charge on any atom is 0.254 e. The Morgan fingerprint density at radius 1 is 0.714 bits per heavy atom. The Labute approximate surface area is 250 Å². The van der Waals surface area contributed by atoms with Gasteiger partial charge in [0, 0.05) is 43.2 Å². The Bertz CT molecular complexity index is 1540. The molecule has 1 amide bonds. The Morgan fingerprint density at radius 3 is 2.02 bits per heavy atom. The standard InChI is InChI=1S/C39H40N2O/c42-38-33-17-5-4-16-31(33)29-41(38)32-22-27-40(28-23-32)26-11-10-24-39(25-12-15-30-13-2-1-3-14-30)36-20-8-6-18-34(36)35-19-7-9-21-37(35)39/h1-11,13-14,16-21,32H,12,15,22-29H2/b11-10-. The number of allylic oxidation sites excluding steroid dienone is 1. The normalized spacial score (nSPS) is 17.9. The molecule has 2 heterocycles. The number of carbonyl (C=O) groups is 1. The van der Waals surface area contributed by atoms with E-state index in [1.165, 1.54) is 33.4 Å². The summed E-state index contributed by atoms with van der Waals surface area (Å²) in [6.45, 7) is 3.84. The largest absolute Gasteiger partial charge is 0.331 e. The summed E-state index contributed by atoms with van der Waals surface area (Å²) in [5.74, 6) is 0.221. The lowest BCUT2D eigenvalue weighted by molar-refractivity contribution is 0.0607. The number of piperidine rings is 1. The zero-order chi connectivity index (χ0) is 28.4. The fourth-order valence-corrected chi connectivity index (χ4v) is 7.74. The van der Waals surface area contributed by atoms with Gasteiger partial charge in [0.2, 0.25) is 0 Å². The third-order valence-electron chi connectivity index (χ3n) is 9.93. The SMILES string of the molecule is O=C1c2ccccc2CN1C1CCN(C/C=C\CC2(CCCc3ccccc3)c3ccccc3-c3ccccc32)CC1. The average molecular weight is 553 g/mol. The molecule has 0 radical (unpaired) electrons. The van der Waals surface area contributed by atoms with Crippen LogP contribution < -0.4 is 0 Å². The van der Waals surface area contributed by atoms with Crippen molar-refractivity contribution < 1.29 is 4.79 Å². The van der Waals surface area contributed by atoms with Crippen LogP contribution in [0.5, 0.6) is 0 Å². The fraction of sp³-hybridized carbons (Fsp3) is 0.308. The molecule has 3 aliphatic rings. The molecule has 212 valence electrons. The molecular formula is C39H40N2O. The molecule has 0 N–H and O–H groups in total. The molecule has 7 rings (SSSR count). The number of nitrogens with zero attached hydrogens (tertiary/aromatic N) is 2. The molecule has 4 aromatic rings. The summed E-state index contributed by atoms with van der Waals surface area (Å²) in [4.78, 5) is 17.6. The van der Waals surface area contributed by atoms with Crippen molar-refractivity contribution in [2.24, 2.45) is 0 Å². The summed E-state index contributed by atoms with van der Waals surface area (Å²) in [6, 6.07) is 37.5. The van der Waals surface area contributed by atoms with Crippen LogP contribution in [0.15, 0.2) is 115 Å². The number of aryl methyl sites for hydroxylation is 1. The van der Waals surface area contributed by atoms with Crippen LogP contribution in [0.4, 0.5) is 0 Å². The van der Waals surface area contributed by atoms with Gasteiger partial charge in [0.15, 0.2) is 0 Å². The number of fused-ring (bicyclic) bond motifs is 4. The van der Waals surface area contributed by atoms with E-state index in [9.17, 15) is 4.79 Å². The lowest BCUT2D eigenvalue weighted by Crippen LogP contribution is -2.45. The molecule has 2 aliphatic heterocycles. The highest BCUT2D eigenvalue weighted by atomic mass is 16.2. The average Bonchev–Trinajstić information content (AvgIpc) is 3.53.